The highest BCUT2D eigenvalue weighted by Crippen LogP contribution is 2.29. The average molecular weight is 235 g/mol. The van der Waals surface area contributed by atoms with Gasteiger partial charge in [-0.3, -0.25) is 4.79 Å². The van der Waals surface area contributed by atoms with Gasteiger partial charge in [0.05, 0.1) is 13.0 Å². The molecule has 1 heterocycles. The molecule has 2 atom stereocenters. The summed E-state index contributed by atoms with van der Waals surface area (Å²) in [4.78, 5) is 11.5. The monoisotopic (exact) mass is 235 g/mol. The second-order valence-corrected chi connectivity index (χ2v) is 4.35. The molecule has 1 aliphatic rings. The van der Waals surface area contributed by atoms with Crippen LogP contribution in [0.25, 0.3) is 0 Å². The van der Waals surface area contributed by atoms with E-state index in [4.69, 9.17) is 4.74 Å². The van der Waals surface area contributed by atoms with E-state index in [0.717, 1.165) is 24.9 Å². The fraction of sp³-hybridized carbons (Fsp3) is 0.462. The lowest BCUT2D eigenvalue weighted by molar-refractivity contribution is -0.146. The van der Waals surface area contributed by atoms with Gasteiger partial charge in [-0.15, -0.1) is 0 Å². The Morgan fingerprint density at radius 3 is 3.06 bits per heavy atom. The largest absolute Gasteiger partial charge is 0.508 e. The van der Waals surface area contributed by atoms with Crippen molar-refractivity contribution < 1.29 is 14.6 Å². The van der Waals surface area contributed by atoms with Crippen LogP contribution in [0.2, 0.25) is 0 Å². The number of phenols is 1. The van der Waals surface area contributed by atoms with E-state index in [9.17, 15) is 9.90 Å². The number of methoxy groups -OCH3 is 1. The van der Waals surface area contributed by atoms with Crippen molar-refractivity contribution in [1.29, 1.82) is 0 Å². The Balaban J connectivity index is 2.09. The Morgan fingerprint density at radius 2 is 2.35 bits per heavy atom. The van der Waals surface area contributed by atoms with Gasteiger partial charge in [-0.2, -0.15) is 0 Å². The molecule has 1 aromatic carbocycles. The molecule has 1 aliphatic heterocycles. The molecular weight excluding hydrogens is 218 g/mol. The third kappa shape index (κ3) is 2.77. The fourth-order valence-corrected chi connectivity index (χ4v) is 2.29. The van der Waals surface area contributed by atoms with E-state index < -0.39 is 0 Å². The van der Waals surface area contributed by atoms with Gasteiger partial charge in [-0.05, 0) is 37.1 Å². The van der Waals surface area contributed by atoms with Crippen LogP contribution in [0.4, 0.5) is 0 Å². The smallest absolute Gasteiger partial charge is 0.308 e. The van der Waals surface area contributed by atoms with E-state index in [1.807, 2.05) is 12.1 Å². The Morgan fingerprint density at radius 1 is 1.53 bits per heavy atom. The summed E-state index contributed by atoms with van der Waals surface area (Å²) in [7, 11) is 1.42. The van der Waals surface area contributed by atoms with Gasteiger partial charge in [0, 0.05) is 6.04 Å². The van der Waals surface area contributed by atoms with E-state index in [1.165, 1.54) is 7.11 Å². The topological polar surface area (TPSA) is 58.6 Å². The second kappa shape index (κ2) is 5.19. The van der Waals surface area contributed by atoms with Crippen LogP contribution in [0.3, 0.4) is 0 Å². The van der Waals surface area contributed by atoms with E-state index in [2.05, 4.69) is 5.32 Å². The number of hydrogen-bond donors (Lipinski definition) is 2. The number of nitrogens with one attached hydrogen (secondary N) is 1. The van der Waals surface area contributed by atoms with Crippen LogP contribution in [-0.2, 0) is 9.53 Å². The van der Waals surface area contributed by atoms with Gasteiger partial charge in [0.1, 0.15) is 5.75 Å². The van der Waals surface area contributed by atoms with Crippen molar-refractivity contribution in [1.82, 2.24) is 5.32 Å². The molecule has 0 bridgehead atoms. The molecule has 2 N–H and O–H groups in total. The summed E-state index contributed by atoms with van der Waals surface area (Å²) in [5.41, 5.74) is 1.01. The molecule has 4 nitrogen and oxygen atoms in total. The third-order valence-electron chi connectivity index (χ3n) is 3.21. The lowest BCUT2D eigenvalue weighted by Crippen LogP contribution is -2.35. The van der Waals surface area contributed by atoms with Crippen LogP contribution in [0.1, 0.15) is 24.4 Å². The molecule has 0 radical (unpaired) electrons. The van der Waals surface area contributed by atoms with Crippen LogP contribution in [0.5, 0.6) is 5.75 Å². The molecule has 92 valence electrons. The van der Waals surface area contributed by atoms with Crippen LogP contribution in [0.15, 0.2) is 24.3 Å². The first-order valence-electron chi connectivity index (χ1n) is 5.81. The van der Waals surface area contributed by atoms with Crippen molar-refractivity contribution in [3.05, 3.63) is 29.8 Å². The molecule has 0 amide bonds. The highest BCUT2D eigenvalue weighted by molar-refractivity contribution is 5.72. The molecule has 1 fully saturated rings. The summed E-state index contributed by atoms with van der Waals surface area (Å²) in [5, 5.41) is 12.8. The lowest BCUT2D eigenvalue weighted by Gasteiger charge is -2.29. The number of hydrogen-bond acceptors (Lipinski definition) is 4. The molecule has 0 spiro atoms. The number of carbonyl (C=O) groups is 1. The third-order valence-corrected chi connectivity index (χ3v) is 3.21. The van der Waals surface area contributed by atoms with Gasteiger partial charge in [0.25, 0.3) is 0 Å². The molecule has 0 saturated carbocycles. The number of rotatable bonds is 2. The SMILES string of the molecule is COC(=O)C1CCNC(c2cccc(O)c2)C1. The summed E-state index contributed by atoms with van der Waals surface area (Å²) in [6.45, 7) is 0.792. The molecule has 0 aliphatic carbocycles. The number of benzene rings is 1. The van der Waals surface area contributed by atoms with Crippen molar-refractivity contribution >= 4 is 5.97 Å². The number of piperidine rings is 1. The van der Waals surface area contributed by atoms with Gasteiger partial charge in [0.2, 0.25) is 0 Å². The molecule has 0 aromatic heterocycles. The molecular formula is C13H17NO3. The highest BCUT2D eigenvalue weighted by atomic mass is 16.5. The van der Waals surface area contributed by atoms with Crippen LogP contribution >= 0.6 is 0 Å². The molecule has 4 heteroatoms. The Bertz CT molecular complexity index is 405. The highest BCUT2D eigenvalue weighted by Gasteiger charge is 2.28. The van der Waals surface area contributed by atoms with E-state index in [0.29, 0.717) is 0 Å². The standard InChI is InChI=1S/C13H17NO3/c1-17-13(16)10-5-6-14-12(8-10)9-3-2-4-11(15)7-9/h2-4,7,10,12,14-15H,5-6,8H2,1H3. The van der Waals surface area contributed by atoms with Crippen LogP contribution in [-0.4, -0.2) is 24.7 Å². The summed E-state index contributed by atoms with van der Waals surface area (Å²) in [6.07, 6.45) is 1.53. The Labute approximate surface area is 101 Å². The lowest BCUT2D eigenvalue weighted by atomic mass is 9.89. The number of aromatic hydroxyl groups is 1. The van der Waals surface area contributed by atoms with Crippen LogP contribution < -0.4 is 5.32 Å². The van der Waals surface area contributed by atoms with Gasteiger partial charge < -0.3 is 15.2 Å². The first kappa shape index (κ1) is 11.9. The second-order valence-electron chi connectivity index (χ2n) is 4.35. The van der Waals surface area contributed by atoms with Gasteiger partial charge >= 0.3 is 5.97 Å². The van der Waals surface area contributed by atoms with Gasteiger partial charge in [-0.1, -0.05) is 12.1 Å². The number of phenolic OH excluding ortho intramolecular Hbond substituents is 1. The maximum absolute atomic E-state index is 11.5. The predicted octanol–water partition coefficient (Wildman–Crippen LogP) is 1.61. The van der Waals surface area contributed by atoms with Crippen molar-refractivity contribution in [2.24, 2.45) is 5.92 Å². The zero-order chi connectivity index (χ0) is 12.3. The maximum atomic E-state index is 11.5. The summed E-state index contributed by atoms with van der Waals surface area (Å²) >= 11 is 0. The first-order valence-corrected chi connectivity index (χ1v) is 5.81. The Hall–Kier alpha value is -1.55. The molecule has 2 unspecified atom stereocenters. The first-order chi connectivity index (χ1) is 8.20. The summed E-state index contributed by atoms with van der Waals surface area (Å²) in [6, 6.07) is 7.26. The van der Waals surface area contributed by atoms with Gasteiger partial charge in [-0.25, -0.2) is 0 Å². The minimum absolute atomic E-state index is 0.0476. The van der Waals surface area contributed by atoms with Crippen molar-refractivity contribution in [2.75, 3.05) is 13.7 Å². The average Bonchev–Trinajstić information content (AvgIpc) is 2.38. The molecule has 1 aromatic rings. The number of esters is 1. The molecule has 2 rings (SSSR count). The van der Waals surface area contributed by atoms with Crippen molar-refractivity contribution in [3.63, 3.8) is 0 Å². The molecule has 17 heavy (non-hydrogen) atoms. The van der Waals surface area contributed by atoms with E-state index >= 15 is 0 Å². The Kier molecular flexibility index (Phi) is 3.64. The minimum Gasteiger partial charge on any atom is -0.508 e. The normalized spacial score (nSPS) is 24.3. The zero-order valence-electron chi connectivity index (χ0n) is 9.85. The number of ether oxygens (including phenoxy) is 1. The quantitative estimate of drug-likeness (QED) is 0.764. The van der Waals surface area contributed by atoms with Crippen molar-refractivity contribution in [2.45, 2.75) is 18.9 Å². The minimum atomic E-state index is -0.142. The van der Waals surface area contributed by atoms with Gasteiger partial charge in [0.15, 0.2) is 0 Å². The van der Waals surface area contributed by atoms with Crippen molar-refractivity contribution in [3.8, 4) is 5.75 Å². The fourth-order valence-electron chi connectivity index (χ4n) is 2.29. The number of carbonyl (C=O) groups excluding carboxylic acids is 1. The molecule has 1 saturated heterocycles. The summed E-state index contributed by atoms with van der Waals surface area (Å²) in [5.74, 6) is 0.0646. The zero-order valence-corrected chi connectivity index (χ0v) is 9.85. The maximum Gasteiger partial charge on any atom is 0.308 e. The summed E-state index contributed by atoms with van der Waals surface area (Å²) < 4.78 is 4.78. The van der Waals surface area contributed by atoms with E-state index in [-0.39, 0.29) is 23.7 Å². The van der Waals surface area contributed by atoms with E-state index in [1.54, 1.807) is 12.1 Å². The predicted molar refractivity (Wildman–Crippen MR) is 63.6 cm³/mol. The van der Waals surface area contributed by atoms with Crippen LogP contribution in [0, 0.1) is 5.92 Å².